The Labute approximate surface area is 124 Å². The van der Waals surface area contributed by atoms with Crippen molar-refractivity contribution in [2.45, 2.75) is 45.6 Å². The molecule has 0 aliphatic rings. The van der Waals surface area contributed by atoms with E-state index in [4.69, 9.17) is 0 Å². The molecule has 0 saturated heterocycles. The highest BCUT2D eigenvalue weighted by Gasteiger charge is 2.26. The maximum absolute atomic E-state index is 12.2. The third-order valence-corrected chi connectivity index (χ3v) is 3.49. The Morgan fingerprint density at radius 3 is 2.57 bits per heavy atom. The second-order valence-electron chi connectivity index (χ2n) is 5.38. The minimum Gasteiger partial charge on any atom is -0.394 e. The van der Waals surface area contributed by atoms with Crippen LogP contribution in [0.25, 0.3) is 0 Å². The van der Waals surface area contributed by atoms with E-state index in [2.05, 4.69) is 5.32 Å². The maximum atomic E-state index is 12.2. The first-order valence-electron chi connectivity index (χ1n) is 7.07. The number of carbonyl (C=O) groups excluding carboxylic acids is 1. The number of aliphatic hydroxyl groups excluding tert-OH is 1. The molecule has 1 atom stereocenters. The molecular weight excluding hydrogens is 272 g/mol. The zero-order valence-electron chi connectivity index (χ0n) is 12.7. The van der Waals surface area contributed by atoms with Gasteiger partial charge in [-0.2, -0.15) is 0 Å². The fourth-order valence-electron chi connectivity index (χ4n) is 2.25. The number of nitro groups is 1. The van der Waals surface area contributed by atoms with Gasteiger partial charge in [0.05, 0.1) is 17.1 Å². The van der Waals surface area contributed by atoms with Gasteiger partial charge in [-0.1, -0.05) is 26.3 Å². The maximum Gasteiger partial charge on any atom is 0.273 e. The summed E-state index contributed by atoms with van der Waals surface area (Å²) < 4.78 is 0. The second-order valence-corrected chi connectivity index (χ2v) is 5.38. The van der Waals surface area contributed by atoms with Crippen LogP contribution in [0.1, 0.15) is 49.5 Å². The number of nitro benzene ring substituents is 1. The summed E-state index contributed by atoms with van der Waals surface area (Å²) in [5.74, 6) is -0.411. The van der Waals surface area contributed by atoms with E-state index in [0.717, 1.165) is 6.42 Å². The Morgan fingerprint density at radius 2 is 2.10 bits per heavy atom. The summed E-state index contributed by atoms with van der Waals surface area (Å²) in [6, 6.07) is 4.46. The highest BCUT2D eigenvalue weighted by molar-refractivity contribution is 5.95. The molecule has 6 heteroatoms. The molecule has 0 radical (unpaired) electrons. The number of hydrogen-bond acceptors (Lipinski definition) is 4. The fourth-order valence-corrected chi connectivity index (χ4v) is 2.25. The SMILES string of the molecule is CCC[C@@](C)(CO)NC(=O)c1ccc(CC)c([N+](=O)[O-])c1. The van der Waals surface area contributed by atoms with Crippen molar-refractivity contribution in [1.82, 2.24) is 5.32 Å². The summed E-state index contributed by atoms with van der Waals surface area (Å²) >= 11 is 0. The zero-order valence-corrected chi connectivity index (χ0v) is 12.7. The van der Waals surface area contributed by atoms with E-state index in [1.807, 2.05) is 13.8 Å². The molecule has 0 heterocycles. The van der Waals surface area contributed by atoms with Crippen molar-refractivity contribution in [3.63, 3.8) is 0 Å². The molecule has 2 N–H and O–H groups in total. The molecule has 116 valence electrons. The van der Waals surface area contributed by atoms with Crippen LogP contribution in [0.15, 0.2) is 18.2 Å². The van der Waals surface area contributed by atoms with E-state index in [0.29, 0.717) is 18.4 Å². The van der Waals surface area contributed by atoms with Crippen molar-refractivity contribution in [2.24, 2.45) is 0 Å². The Bertz CT molecular complexity index is 530. The summed E-state index contributed by atoms with van der Waals surface area (Å²) in [5.41, 5.74) is 0.0559. The van der Waals surface area contributed by atoms with Gasteiger partial charge in [0.1, 0.15) is 0 Å². The summed E-state index contributed by atoms with van der Waals surface area (Å²) in [6.45, 7) is 5.36. The molecule has 0 aliphatic carbocycles. The Balaban J connectivity index is 3.03. The number of aryl methyl sites for hydroxylation is 1. The largest absolute Gasteiger partial charge is 0.394 e. The minimum atomic E-state index is -0.718. The standard InChI is InChI=1S/C15H22N2O4/c1-4-8-15(3,10-18)16-14(19)12-7-6-11(5-2)13(9-12)17(20)21/h6-7,9,18H,4-5,8,10H2,1-3H3,(H,16,19)/t15-/m0/s1. The van der Waals surface area contributed by atoms with Crippen molar-refractivity contribution in [3.05, 3.63) is 39.4 Å². The van der Waals surface area contributed by atoms with Gasteiger partial charge in [-0.05, 0) is 25.8 Å². The van der Waals surface area contributed by atoms with Crippen molar-refractivity contribution in [3.8, 4) is 0 Å². The van der Waals surface area contributed by atoms with Crippen LogP contribution in [0.2, 0.25) is 0 Å². The van der Waals surface area contributed by atoms with E-state index in [1.54, 1.807) is 19.1 Å². The lowest BCUT2D eigenvalue weighted by Crippen LogP contribution is -2.48. The van der Waals surface area contributed by atoms with Gasteiger partial charge in [0, 0.05) is 17.2 Å². The van der Waals surface area contributed by atoms with Crippen LogP contribution in [0.4, 0.5) is 5.69 Å². The quantitative estimate of drug-likeness (QED) is 0.596. The molecule has 0 spiro atoms. The number of aliphatic hydroxyl groups is 1. The summed E-state index contributed by atoms with van der Waals surface area (Å²) in [4.78, 5) is 22.8. The first kappa shape index (κ1) is 17.1. The van der Waals surface area contributed by atoms with E-state index in [1.165, 1.54) is 6.07 Å². The molecule has 0 aliphatic heterocycles. The van der Waals surface area contributed by atoms with Gasteiger partial charge in [0.15, 0.2) is 0 Å². The van der Waals surface area contributed by atoms with Crippen molar-refractivity contribution < 1.29 is 14.8 Å². The van der Waals surface area contributed by atoms with Crippen LogP contribution in [-0.4, -0.2) is 28.1 Å². The van der Waals surface area contributed by atoms with Crippen LogP contribution < -0.4 is 5.32 Å². The number of nitrogens with one attached hydrogen (secondary N) is 1. The van der Waals surface area contributed by atoms with Gasteiger partial charge in [-0.15, -0.1) is 0 Å². The minimum absolute atomic E-state index is 0.0497. The number of nitrogens with zero attached hydrogens (tertiary/aromatic N) is 1. The zero-order chi connectivity index (χ0) is 16.0. The normalized spacial score (nSPS) is 13.5. The van der Waals surface area contributed by atoms with Gasteiger partial charge in [-0.25, -0.2) is 0 Å². The highest BCUT2D eigenvalue weighted by atomic mass is 16.6. The predicted molar refractivity (Wildman–Crippen MR) is 80.3 cm³/mol. The van der Waals surface area contributed by atoms with Gasteiger partial charge in [-0.3, -0.25) is 14.9 Å². The second kappa shape index (κ2) is 7.17. The molecule has 1 rings (SSSR count). The summed E-state index contributed by atoms with van der Waals surface area (Å²) in [5, 5.41) is 23.2. The van der Waals surface area contributed by atoms with E-state index in [9.17, 15) is 20.0 Å². The average molecular weight is 294 g/mol. The van der Waals surface area contributed by atoms with Gasteiger partial charge >= 0.3 is 0 Å². The third kappa shape index (κ3) is 4.26. The van der Waals surface area contributed by atoms with Crippen molar-refractivity contribution in [1.29, 1.82) is 0 Å². The van der Waals surface area contributed by atoms with Crippen LogP contribution >= 0.6 is 0 Å². The van der Waals surface area contributed by atoms with Gasteiger partial charge < -0.3 is 10.4 Å². The number of carbonyl (C=O) groups is 1. The smallest absolute Gasteiger partial charge is 0.273 e. The van der Waals surface area contributed by atoms with E-state index < -0.39 is 16.4 Å². The summed E-state index contributed by atoms with van der Waals surface area (Å²) in [6.07, 6.45) is 1.97. The lowest BCUT2D eigenvalue weighted by atomic mass is 9.96. The number of hydrogen-bond donors (Lipinski definition) is 2. The molecule has 0 bridgehead atoms. The number of amides is 1. The number of rotatable bonds is 7. The Kier molecular flexibility index (Phi) is 5.84. The summed E-state index contributed by atoms with van der Waals surface area (Å²) in [7, 11) is 0. The molecule has 0 unspecified atom stereocenters. The van der Waals surface area contributed by atoms with Gasteiger partial charge in [0.2, 0.25) is 0 Å². The monoisotopic (exact) mass is 294 g/mol. The molecule has 0 fully saturated rings. The molecule has 6 nitrogen and oxygen atoms in total. The fraction of sp³-hybridized carbons (Fsp3) is 0.533. The Hall–Kier alpha value is -1.95. The molecule has 0 aromatic heterocycles. The number of benzene rings is 1. The molecular formula is C15H22N2O4. The average Bonchev–Trinajstić information content (AvgIpc) is 2.46. The first-order chi connectivity index (χ1) is 9.86. The predicted octanol–water partition coefficient (Wildman–Crippen LogP) is 2.44. The molecule has 1 aromatic carbocycles. The molecule has 1 amide bonds. The van der Waals surface area contributed by atoms with Crippen molar-refractivity contribution in [2.75, 3.05) is 6.61 Å². The molecule has 21 heavy (non-hydrogen) atoms. The van der Waals surface area contributed by atoms with Crippen LogP contribution in [-0.2, 0) is 6.42 Å². The van der Waals surface area contributed by atoms with E-state index in [-0.39, 0.29) is 17.9 Å². The lowest BCUT2D eigenvalue weighted by Gasteiger charge is -2.28. The highest BCUT2D eigenvalue weighted by Crippen LogP contribution is 2.21. The van der Waals surface area contributed by atoms with Crippen LogP contribution in [0.5, 0.6) is 0 Å². The molecule has 1 aromatic rings. The lowest BCUT2D eigenvalue weighted by molar-refractivity contribution is -0.385. The molecule has 0 saturated carbocycles. The third-order valence-electron chi connectivity index (χ3n) is 3.49. The van der Waals surface area contributed by atoms with Crippen LogP contribution in [0.3, 0.4) is 0 Å². The van der Waals surface area contributed by atoms with Gasteiger partial charge in [0.25, 0.3) is 11.6 Å². The topological polar surface area (TPSA) is 92.5 Å². The Morgan fingerprint density at radius 1 is 1.43 bits per heavy atom. The van der Waals surface area contributed by atoms with E-state index >= 15 is 0 Å². The first-order valence-corrected chi connectivity index (χ1v) is 7.07. The van der Waals surface area contributed by atoms with Crippen LogP contribution in [0, 0.1) is 10.1 Å². The van der Waals surface area contributed by atoms with Crippen molar-refractivity contribution >= 4 is 11.6 Å².